The van der Waals surface area contributed by atoms with Gasteiger partial charge in [0.05, 0.1) is 4.90 Å². The van der Waals surface area contributed by atoms with Gasteiger partial charge in [0, 0.05) is 19.1 Å². The van der Waals surface area contributed by atoms with Crippen LogP contribution >= 0.6 is 0 Å². The van der Waals surface area contributed by atoms with Crippen LogP contribution in [0.3, 0.4) is 0 Å². The topological polar surface area (TPSA) is 78.1 Å². The Morgan fingerprint density at radius 1 is 1.14 bits per heavy atom. The van der Waals surface area contributed by atoms with E-state index in [1.54, 1.807) is 19.1 Å². The normalized spacial score (nSPS) is 10.5. The molecule has 0 aliphatic heterocycles. The molecule has 0 spiro atoms. The predicted octanol–water partition coefficient (Wildman–Crippen LogP) is 2.10. The van der Waals surface area contributed by atoms with Crippen molar-refractivity contribution >= 4 is 15.9 Å². The first kappa shape index (κ1) is 18.0. The van der Waals surface area contributed by atoms with Gasteiger partial charge in [-0.3, -0.25) is 4.79 Å². The van der Waals surface area contributed by atoms with E-state index in [9.17, 15) is 17.8 Å². The average molecular weight is 321 g/mol. The number of Topliss-reactive ketones (excluding diaryl/α,β-unsaturated/α-hetero) is 1. The summed E-state index contributed by atoms with van der Waals surface area (Å²) in [6.45, 7) is 6.27. The van der Waals surface area contributed by atoms with Gasteiger partial charge in [-0.2, -0.15) is 4.57 Å². The fourth-order valence-electron chi connectivity index (χ4n) is 1.78. The molecule has 2 rings (SSSR count). The van der Waals surface area contributed by atoms with Crippen LogP contribution in [0.15, 0.2) is 53.6 Å². The Kier molecular flexibility index (Phi) is 6.39. The first-order valence-electron chi connectivity index (χ1n) is 6.77. The second-order valence-electron chi connectivity index (χ2n) is 4.70. The number of hydrogen-bond donors (Lipinski definition) is 0. The highest BCUT2D eigenvalue weighted by atomic mass is 32.2. The number of pyridine rings is 1. The van der Waals surface area contributed by atoms with Crippen LogP contribution in [0.25, 0.3) is 0 Å². The summed E-state index contributed by atoms with van der Waals surface area (Å²) in [4.78, 5) is 10.8. The van der Waals surface area contributed by atoms with Crippen molar-refractivity contribution in [3.63, 3.8) is 0 Å². The van der Waals surface area contributed by atoms with Crippen molar-refractivity contribution in [2.45, 2.75) is 32.2 Å². The van der Waals surface area contributed by atoms with E-state index in [0.29, 0.717) is 0 Å². The first-order chi connectivity index (χ1) is 10.3. The van der Waals surface area contributed by atoms with Gasteiger partial charge in [0.15, 0.2) is 6.20 Å². The molecule has 0 saturated carbocycles. The maximum absolute atomic E-state index is 11.0. The van der Waals surface area contributed by atoms with E-state index in [0.717, 1.165) is 17.8 Å². The summed E-state index contributed by atoms with van der Waals surface area (Å²) in [6, 6.07) is 11.4. The lowest BCUT2D eigenvalue weighted by Gasteiger charge is -2.05. The van der Waals surface area contributed by atoms with Crippen molar-refractivity contribution in [1.29, 1.82) is 0 Å². The number of carbonyl (C=O) groups excluding carboxylic acids is 1. The van der Waals surface area contributed by atoms with Crippen molar-refractivity contribution in [1.82, 2.24) is 0 Å². The standard InChI is InChI=1S/C9H12NO.C7H8O3S/c1-3-10-7-5-4-6-9(10)8(2)11;1-6-2-4-7(5-3-6)11(8,9)10/h4-7H,3H2,1-2H3;2-5H,1H3,(H,8,9,10)/q+1;/p-1. The highest BCUT2D eigenvalue weighted by Gasteiger charge is 2.10. The number of ketones is 1. The third-order valence-electron chi connectivity index (χ3n) is 2.95. The summed E-state index contributed by atoms with van der Waals surface area (Å²) in [6.07, 6.45) is 1.91. The van der Waals surface area contributed by atoms with Crippen LogP contribution in [0.5, 0.6) is 0 Å². The molecular weight excluding hydrogens is 302 g/mol. The largest absolute Gasteiger partial charge is 0.744 e. The number of rotatable bonds is 3. The van der Waals surface area contributed by atoms with Gasteiger partial charge in [0.25, 0.3) is 0 Å². The monoisotopic (exact) mass is 321 g/mol. The van der Waals surface area contributed by atoms with E-state index in [1.807, 2.05) is 42.8 Å². The minimum Gasteiger partial charge on any atom is -0.744 e. The Balaban J connectivity index is 0.000000220. The van der Waals surface area contributed by atoms with Crippen molar-refractivity contribution in [3.05, 3.63) is 59.9 Å². The molecule has 2 aromatic rings. The minimum atomic E-state index is -4.27. The number of aromatic nitrogens is 1. The van der Waals surface area contributed by atoms with Gasteiger partial charge in [0.2, 0.25) is 11.5 Å². The second kappa shape index (κ2) is 7.82. The molecule has 1 heterocycles. The van der Waals surface area contributed by atoms with Crippen LogP contribution in [0.1, 0.15) is 29.9 Å². The fraction of sp³-hybridized carbons (Fsp3) is 0.250. The van der Waals surface area contributed by atoms with Gasteiger partial charge in [-0.05, 0) is 32.0 Å². The van der Waals surface area contributed by atoms with Crippen LogP contribution in [-0.2, 0) is 16.7 Å². The molecule has 0 atom stereocenters. The minimum absolute atomic E-state index is 0.118. The van der Waals surface area contributed by atoms with Gasteiger partial charge < -0.3 is 4.55 Å². The molecule has 0 aliphatic rings. The summed E-state index contributed by atoms with van der Waals surface area (Å²) in [7, 11) is -4.27. The van der Waals surface area contributed by atoms with Gasteiger partial charge in [-0.25, -0.2) is 8.42 Å². The number of benzene rings is 1. The maximum atomic E-state index is 11.0. The summed E-state index contributed by atoms with van der Waals surface area (Å²) < 4.78 is 33.1. The maximum Gasteiger partial charge on any atom is 0.248 e. The summed E-state index contributed by atoms with van der Waals surface area (Å²) in [5.41, 5.74) is 1.70. The molecule has 6 heteroatoms. The molecule has 0 aliphatic carbocycles. The van der Waals surface area contributed by atoms with E-state index in [-0.39, 0.29) is 10.7 Å². The molecule has 5 nitrogen and oxygen atoms in total. The molecule has 1 aromatic heterocycles. The number of carbonyl (C=O) groups is 1. The SMILES string of the molecule is CC[n+]1ccccc1C(C)=O.Cc1ccc(S(=O)(=O)[O-])cc1. The molecule has 0 fully saturated rings. The summed E-state index contributed by atoms with van der Waals surface area (Å²) >= 11 is 0. The van der Waals surface area contributed by atoms with E-state index in [1.165, 1.54) is 12.1 Å². The zero-order valence-electron chi connectivity index (χ0n) is 12.8. The Morgan fingerprint density at radius 2 is 1.73 bits per heavy atom. The van der Waals surface area contributed by atoms with Crippen molar-refractivity contribution < 1.29 is 22.3 Å². The van der Waals surface area contributed by atoms with Crippen LogP contribution < -0.4 is 4.57 Å². The third kappa shape index (κ3) is 5.38. The number of aryl methyl sites for hydroxylation is 2. The van der Waals surface area contributed by atoms with Crippen LogP contribution in [-0.4, -0.2) is 18.8 Å². The Hall–Kier alpha value is -2.05. The highest BCUT2D eigenvalue weighted by molar-refractivity contribution is 7.85. The number of hydrogen-bond acceptors (Lipinski definition) is 4. The van der Waals surface area contributed by atoms with Gasteiger partial charge >= 0.3 is 0 Å². The molecule has 0 unspecified atom stereocenters. The van der Waals surface area contributed by atoms with E-state index in [2.05, 4.69) is 0 Å². The van der Waals surface area contributed by atoms with E-state index < -0.39 is 10.1 Å². The molecule has 22 heavy (non-hydrogen) atoms. The number of nitrogens with zero attached hydrogens (tertiary/aromatic N) is 1. The lowest BCUT2D eigenvalue weighted by atomic mass is 10.2. The molecule has 0 bridgehead atoms. The lowest BCUT2D eigenvalue weighted by Crippen LogP contribution is -2.38. The molecule has 0 radical (unpaired) electrons. The predicted molar refractivity (Wildman–Crippen MR) is 81.5 cm³/mol. The van der Waals surface area contributed by atoms with Gasteiger partial charge in [-0.15, -0.1) is 0 Å². The van der Waals surface area contributed by atoms with Crippen LogP contribution in [0.2, 0.25) is 0 Å². The van der Waals surface area contributed by atoms with Crippen molar-refractivity contribution in [2.24, 2.45) is 0 Å². The van der Waals surface area contributed by atoms with E-state index >= 15 is 0 Å². The summed E-state index contributed by atoms with van der Waals surface area (Å²) in [5.74, 6) is 0.118. The Morgan fingerprint density at radius 3 is 2.14 bits per heavy atom. The smallest absolute Gasteiger partial charge is 0.248 e. The Labute approximate surface area is 131 Å². The summed E-state index contributed by atoms with van der Waals surface area (Å²) in [5, 5.41) is 0. The van der Waals surface area contributed by atoms with E-state index in [4.69, 9.17) is 0 Å². The third-order valence-corrected chi connectivity index (χ3v) is 3.80. The molecular formula is C16H19NO4S. The average Bonchev–Trinajstić information content (AvgIpc) is 2.47. The van der Waals surface area contributed by atoms with Crippen LogP contribution in [0.4, 0.5) is 0 Å². The highest BCUT2D eigenvalue weighted by Crippen LogP contribution is 2.08. The zero-order valence-corrected chi connectivity index (χ0v) is 13.6. The molecule has 1 aromatic carbocycles. The molecule has 0 N–H and O–H groups in total. The Bertz CT molecular complexity index is 737. The molecule has 0 saturated heterocycles. The molecule has 0 amide bonds. The second-order valence-corrected chi connectivity index (χ2v) is 6.07. The van der Waals surface area contributed by atoms with Crippen molar-refractivity contribution in [2.75, 3.05) is 0 Å². The zero-order chi connectivity index (χ0) is 16.8. The van der Waals surface area contributed by atoms with Gasteiger partial charge in [-0.1, -0.05) is 17.7 Å². The van der Waals surface area contributed by atoms with Crippen LogP contribution in [0, 0.1) is 6.92 Å². The quantitative estimate of drug-likeness (QED) is 0.493. The van der Waals surface area contributed by atoms with Gasteiger partial charge in [0.1, 0.15) is 16.7 Å². The first-order valence-corrected chi connectivity index (χ1v) is 8.18. The van der Waals surface area contributed by atoms with Crippen molar-refractivity contribution in [3.8, 4) is 0 Å². The fourth-order valence-corrected chi connectivity index (χ4v) is 2.25. The lowest BCUT2D eigenvalue weighted by molar-refractivity contribution is -0.695. The molecule has 118 valence electrons.